The molecule has 126 valence electrons. The smallest absolute Gasteiger partial charge is 0.332 e. The van der Waals surface area contributed by atoms with Gasteiger partial charge in [-0.25, -0.2) is 10.2 Å². The molecule has 0 heterocycles. The molecule has 0 aromatic heterocycles. The van der Waals surface area contributed by atoms with Gasteiger partial charge in [0.1, 0.15) is 6.61 Å². The van der Waals surface area contributed by atoms with Gasteiger partial charge in [0, 0.05) is 5.02 Å². The number of carbonyl (C=O) groups excluding carboxylic acids is 1. The number of nitrogens with two attached hydrogens (primary N) is 1. The minimum absolute atomic E-state index is 0.372. The highest BCUT2D eigenvalue weighted by Gasteiger charge is 2.07. The van der Waals surface area contributed by atoms with Crippen LogP contribution in [-0.4, -0.2) is 18.9 Å². The van der Waals surface area contributed by atoms with Crippen molar-refractivity contribution in [2.24, 2.45) is 10.8 Å². The third kappa shape index (κ3) is 5.48. The second kappa shape index (κ2) is 8.79. The van der Waals surface area contributed by atoms with Gasteiger partial charge in [-0.05, 0) is 48.4 Å². The Hall–Kier alpha value is -2.73. The van der Waals surface area contributed by atoms with Gasteiger partial charge >= 0.3 is 6.03 Å². The lowest BCUT2D eigenvalue weighted by molar-refractivity contribution is 0.249. The number of hydrazone groups is 1. The van der Waals surface area contributed by atoms with Crippen LogP contribution in [0.1, 0.15) is 18.1 Å². The molecule has 2 rings (SSSR count). The molecule has 0 aliphatic carbocycles. The molecular formula is C17H18ClN3O3. The van der Waals surface area contributed by atoms with Crippen molar-refractivity contribution in [1.82, 2.24) is 5.43 Å². The van der Waals surface area contributed by atoms with Gasteiger partial charge in [0.25, 0.3) is 0 Å². The maximum absolute atomic E-state index is 10.6. The maximum atomic E-state index is 10.6. The summed E-state index contributed by atoms with van der Waals surface area (Å²) in [6, 6.07) is 12.1. The molecule has 2 aromatic carbocycles. The van der Waals surface area contributed by atoms with Crippen LogP contribution in [0.4, 0.5) is 4.79 Å². The predicted molar refractivity (Wildman–Crippen MR) is 93.7 cm³/mol. The van der Waals surface area contributed by atoms with E-state index in [9.17, 15) is 4.79 Å². The summed E-state index contributed by atoms with van der Waals surface area (Å²) >= 11 is 5.97. The molecule has 0 saturated carbocycles. The van der Waals surface area contributed by atoms with Gasteiger partial charge in [-0.3, -0.25) is 0 Å². The Bertz CT molecular complexity index is 735. The lowest BCUT2D eigenvalue weighted by atomic mass is 10.2. The van der Waals surface area contributed by atoms with Crippen LogP contribution in [0.2, 0.25) is 5.02 Å². The topological polar surface area (TPSA) is 85.9 Å². The first-order chi connectivity index (χ1) is 11.6. The minimum Gasteiger partial charge on any atom is -0.490 e. The predicted octanol–water partition coefficient (Wildman–Crippen LogP) is 3.32. The van der Waals surface area contributed by atoms with E-state index >= 15 is 0 Å². The van der Waals surface area contributed by atoms with Gasteiger partial charge in [-0.2, -0.15) is 5.10 Å². The summed E-state index contributed by atoms with van der Waals surface area (Å²) in [5.41, 5.74) is 8.78. The zero-order valence-electron chi connectivity index (χ0n) is 13.2. The second-order valence-electron chi connectivity index (χ2n) is 4.79. The van der Waals surface area contributed by atoms with Crippen LogP contribution >= 0.6 is 11.6 Å². The Kier molecular flexibility index (Phi) is 6.45. The Labute approximate surface area is 145 Å². The van der Waals surface area contributed by atoms with Crippen LogP contribution in [0, 0.1) is 0 Å². The second-order valence-corrected chi connectivity index (χ2v) is 5.23. The van der Waals surface area contributed by atoms with Gasteiger partial charge < -0.3 is 15.2 Å². The highest BCUT2D eigenvalue weighted by atomic mass is 35.5. The number of carbonyl (C=O) groups is 1. The Balaban J connectivity index is 2.10. The van der Waals surface area contributed by atoms with Gasteiger partial charge in [0.2, 0.25) is 0 Å². The number of hydrogen-bond donors (Lipinski definition) is 2. The van der Waals surface area contributed by atoms with Gasteiger partial charge in [0.05, 0.1) is 12.8 Å². The largest absolute Gasteiger partial charge is 0.490 e. The van der Waals surface area contributed by atoms with Crippen molar-refractivity contribution < 1.29 is 14.3 Å². The number of halogens is 1. The molecule has 6 nitrogen and oxygen atoms in total. The van der Waals surface area contributed by atoms with E-state index in [1.807, 2.05) is 31.2 Å². The third-order valence-electron chi connectivity index (χ3n) is 2.94. The highest BCUT2D eigenvalue weighted by Crippen LogP contribution is 2.29. The molecule has 0 radical (unpaired) electrons. The van der Waals surface area contributed by atoms with Crippen LogP contribution in [0.25, 0.3) is 0 Å². The molecule has 0 fully saturated rings. The van der Waals surface area contributed by atoms with E-state index in [4.69, 9.17) is 26.8 Å². The molecular weight excluding hydrogens is 330 g/mol. The Morgan fingerprint density at radius 2 is 2.08 bits per heavy atom. The number of hydrogen-bond acceptors (Lipinski definition) is 4. The van der Waals surface area contributed by atoms with Crippen LogP contribution in [0.5, 0.6) is 11.5 Å². The molecule has 0 unspecified atom stereocenters. The fourth-order valence-electron chi connectivity index (χ4n) is 1.95. The van der Waals surface area contributed by atoms with Crippen molar-refractivity contribution >= 4 is 23.8 Å². The maximum Gasteiger partial charge on any atom is 0.332 e. The first kappa shape index (κ1) is 17.6. The van der Waals surface area contributed by atoms with Crippen molar-refractivity contribution in [2.75, 3.05) is 6.61 Å². The zero-order chi connectivity index (χ0) is 17.4. The molecule has 0 saturated heterocycles. The number of rotatable bonds is 7. The van der Waals surface area contributed by atoms with E-state index in [-0.39, 0.29) is 0 Å². The summed E-state index contributed by atoms with van der Waals surface area (Å²) in [6.45, 7) is 2.75. The summed E-state index contributed by atoms with van der Waals surface area (Å²) in [5, 5.41) is 4.38. The van der Waals surface area contributed by atoms with Crippen molar-refractivity contribution in [3.63, 3.8) is 0 Å². The van der Waals surface area contributed by atoms with Crippen molar-refractivity contribution in [2.45, 2.75) is 13.5 Å². The summed E-state index contributed by atoms with van der Waals surface area (Å²) < 4.78 is 11.4. The first-order valence-electron chi connectivity index (χ1n) is 7.31. The van der Waals surface area contributed by atoms with E-state index < -0.39 is 6.03 Å². The molecule has 0 aliphatic rings. The lowest BCUT2D eigenvalue weighted by Crippen LogP contribution is -2.24. The number of amides is 2. The first-order valence-corrected chi connectivity index (χ1v) is 7.69. The number of ether oxygens (including phenoxy) is 2. The number of nitrogens with zero attached hydrogens (tertiary/aromatic N) is 1. The van der Waals surface area contributed by atoms with Crippen LogP contribution in [0.3, 0.4) is 0 Å². The van der Waals surface area contributed by atoms with Crippen molar-refractivity contribution in [1.29, 1.82) is 0 Å². The van der Waals surface area contributed by atoms with Crippen LogP contribution in [0.15, 0.2) is 47.6 Å². The molecule has 2 aromatic rings. The summed E-state index contributed by atoms with van der Waals surface area (Å²) in [6.07, 6.45) is 1.47. The monoisotopic (exact) mass is 347 g/mol. The number of benzene rings is 2. The fourth-order valence-corrected chi connectivity index (χ4v) is 2.16. The molecule has 24 heavy (non-hydrogen) atoms. The average molecular weight is 348 g/mol. The van der Waals surface area contributed by atoms with Crippen LogP contribution < -0.4 is 20.6 Å². The lowest BCUT2D eigenvalue weighted by Gasteiger charge is -2.12. The highest BCUT2D eigenvalue weighted by molar-refractivity contribution is 6.30. The molecule has 0 aliphatic heterocycles. The number of nitrogens with one attached hydrogen (secondary N) is 1. The molecule has 0 atom stereocenters. The number of urea groups is 1. The van der Waals surface area contributed by atoms with Gasteiger partial charge in [-0.1, -0.05) is 23.7 Å². The van der Waals surface area contributed by atoms with Crippen molar-refractivity contribution in [3.05, 3.63) is 58.6 Å². The standard InChI is InChI=1S/C17H18ClN3O3/c1-2-23-16-9-12(10-20-21-17(19)22)6-7-15(16)24-11-13-4-3-5-14(18)8-13/h3-10H,2,11H2,1H3,(H3,19,21,22). The van der Waals surface area contributed by atoms with E-state index in [1.54, 1.807) is 18.2 Å². The molecule has 2 amide bonds. The average Bonchev–Trinajstić information content (AvgIpc) is 2.54. The van der Waals surface area contributed by atoms with E-state index in [0.717, 1.165) is 11.1 Å². The number of primary amides is 1. The van der Waals surface area contributed by atoms with Gasteiger partial charge in [-0.15, -0.1) is 0 Å². The summed E-state index contributed by atoms with van der Waals surface area (Å²) in [7, 11) is 0. The molecule has 0 bridgehead atoms. The summed E-state index contributed by atoms with van der Waals surface area (Å²) in [5.74, 6) is 1.19. The Morgan fingerprint density at radius 1 is 1.25 bits per heavy atom. The molecule has 7 heteroatoms. The van der Waals surface area contributed by atoms with E-state index in [0.29, 0.717) is 29.7 Å². The normalized spacial score (nSPS) is 10.6. The quantitative estimate of drug-likeness (QED) is 0.595. The SMILES string of the molecule is CCOc1cc(C=NNC(N)=O)ccc1OCc1cccc(Cl)c1. The third-order valence-corrected chi connectivity index (χ3v) is 3.17. The fraction of sp³-hybridized carbons (Fsp3) is 0.176. The minimum atomic E-state index is -0.724. The van der Waals surface area contributed by atoms with E-state index in [2.05, 4.69) is 10.5 Å². The molecule has 0 spiro atoms. The van der Waals surface area contributed by atoms with Crippen molar-refractivity contribution in [3.8, 4) is 11.5 Å². The molecule has 3 N–H and O–H groups in total. The van der Waals surface area contributed by atoms with Gasteiger partial charge in [0.15, 0.2) is 11.5 Å². The zero-order valence-corrected chi connectivity index (χ0v) is 13.9. The van der Waals surface area contributed by atoms with E-state index in [1.165, 1.54) is 6.21 Å². The summed E-state index contributed by atoms with van der Waals surface area (Å²) in [4.78, 5) is 10.6. The Morgan fingerprint density at radius 3 is 2.79 bits per heavy atom. The van der Waals surface area contributed by atoms with Crippen LogP contribution in [-0.2, 0) is 6.61 Å².